The molecule has 1 rings (SSSR count). The first-order chi connectivity index (χ1) is 4.74. The van der Waals surface area contributed by atoms with Gasteiger partial charge in [0.2, 0.25) is 0 Å². The van der Waals surface area contributed by atoms with Gasteiger partial charge in [0.1, 0.15) is 0 Å². The third-order valence-corrected chi connectivity index (χ3v) is 3.56. The number of hydrogen-bond acceptors (Lipinski definition) is 1. The van der Waals surface area contributed by atoms with Crippen LogP contribution in [0.1, 0.15) is 5.56 Å². The van der Waals surface area contributed by atoms with E-state index in [2.05, 4.69) is 44.5 Å². The quantitative estimate of drug-likeness (QED) is 0.719. The maximum atomic E-state index is 3.67. The van der Waals surface area contributed by atoms with Crippen molar-refractivity contribution in [2.75, 3.05) is 0 Å². The lowest BCUT2D eigenvalue weighted by molar-refractivity contribution is 1.29. The molecular weight excluding hydrogens is 276 g/mol. The monoisotopic (exact) mass is 280 g/mol. The predicted molar refractivity (Wildman–Crippen MR) is 53.6 cm³/mol. The fourth-order valence-corrected chi connectivity index (χ4v) is 3.53. The Morgan fingerprint density at radius 3 is 2.70 bits per heavy atom. The van der Waals surface area contributed by atoms with Crippen LogP contribution in [0, 0.1) is 0 Å². The number of halogens is 2. The highest BCUT2D eigenvalue weighted by atomic mass is 79.9. The molecule has 0 saturated heterocycles. The zero-order chi connectivity index (χ0) is 7.56. The van der Waals surface area contributed by atoms with E-state index in [4.69, 9.17) is 0 Å². The molecule has 10 heavy (non-hydrogen) atoms. The van der Waals surface area contributed by atoms with E-state index in [1.165, 1.54) is 9.35 Å². The summed E-state index contributed by atoms with van der Waals surface area (Å²) in [6.07, 6.45) is 2.84. The van der Waals surface area contributed by atoms with E-state index in [0.29, 0.717) is 0 Å². The molecule has 0 amide bonds. The first kappa shape index (κ1) is 8.50. The lowest BCUT2D eigenvalue weighted by Gasteiger charge is -1.87. The normalized spacial score (nSPS) is 9.80. The lowest BCUT2D eigenvalue weighted by atomic mass is 10.2. The van der Waals surface area contributed by atoms with Gasteiger partial charge in [0.05, 0.1) is 7.57 Å². The zero-order valence-corrected chi connectivity index (χ0v) is 9.22. The molecule has 0 fully saturated rings. The topological polar surface area (TPSA) is 0 Å². The third kappa shape index (κ3) is 1.94. The molecule has 0 N–H and O–H groups in total. The molecule has 0 saturated carbocycles. The Labute approximate surface area is 81.2 Å². The minimum absolute atomic E-state index is 0.933. The molecular formula is C7H6Br2S. The molecule has 3 heteroatoms. The average Bonchev–Trinajstić information content (AvgIpc) is 2.13. The van der Waals surface area contributed by atoms with E-state index < -0.39 is 0 Å². The van der Waals surface area contributed by atoms with Crippen LogP contribution in [0.25, 0.3) is 0 Å². The van der Waals surface area contributed by atoms with Crippen molar-refractivity contribution in [3.8, 4) is 0 Å². The number of rotatable bonds is 2. The zero-order valence-electron chi connectivity index (χ0n) is 5.23. The molecule has 0 atom stereocenters. The summed E-state index contributed by atoms with van der Waals surface area (Å²) >= 11 is 8.56. The van der Waals surface area contributed by atoms with Gasteiger partial charge >= 0.3 is 0 Å². The second-order valence-electron chi connectivity index (χ2n) is 1.84. The minimum Gasteiger partial charge on any atom is -0.121 e. The summed E-state index contributed by atoms with van der Waals surface area (Å²) in [6, 6.07) is 2.11. The van der Waals surface area contributed by atoms with Crippen molar-refractivity contribution in [1.82, 2.24) is 0 Å². The summed E-state index contributed by atoms with van der Waals surface area (Å²) in [5, 5.41) is 0. The van der Waals surface area contributed by atoms with Crippen LogP contribution < -0.4 is 0 Å². The maximum Gasteiger partial charge on any atom is 0.0745 e. The fourth-order valence-electron chi connectivity index (χ4n) is 0.669. The van der Waals surface area contributed by atoms with Crippen LogP contribution in [-0.4, -0.2) is 0 Å². The van der Waals surface area contributed by atoms with E-state index in [1.54, 1.807) is 11.3 Å². The van der Waals surface area contributed by atoms with Gasteiger partial charge in [-0.05, 0) is 49.9 Å². The van der Waals surface area contributed by atoms with E-state index in [0.717, 1.165) is 10.2 Å². The summed E-state index contributed by atoms with van der Waals surface area (Å²) in [6.45, 7) is 3.67. The van der Waals surface area contributed by atoms with Gasteiger partial charge in [0.15, 0.2) is 0 Å². The van der Waals surface area contributed by atoms with E-state index in [1.807, 2.05) is 6.08 Å². The first-order valence-corrected chi connectivity index (χ1v) is 5.19. The summed E-state index contributed by atoms with van der Waals surface area (Å²) < 4.78 is 2.36. The Morgan fingerprint density at radius 1 is 1.60 bits per heavy atom. The molecule has 0 nitrogen and oxygen atoms in total. The minimum atomic E-state index is 0.933. The van der Waals surface area contributed by atoms with Gasteiger partial charge in [-0.3, -0.25) is 0 Å². The second-order valence-corrected chi connectivity index (χ2v) is 5.59. The third-order valence-electron chi connectivity index (χ3n) is 1.09. The Hall–Kier alpha value is 0.400. The SMILES string of the molecule is C=CCc1cc(Br)sc1Br. The predicted octanol–water partition coefficient (Wildman–Crippen LogP) is 4.00. The summed E-state index contributed by atoms with van der Waals surface area (Å²) in [5.41, 5.74) is 1.30. The molecule has 0 spiro atoms. The number of allylic oxidation sites excluding steroid dienone is 1. The first-order valence-electron chi connectivity index (χ1n) is 2.78. The van der Waals surface area contributed by atoms with Gasteiger partial charge in [-0.1, -0.05) is 6.08 Å². The molecule has 1 aromatic rings. The number of hydrogen-bond donors (Lipinski definition) is 0. The van der Waals surface area contributed by atoms with Gasteiger partial charge in [-0.2, -0.15) is 0 Å². The molecule has 1 heterocycles. The second kappa shape index (κ2) is 3.69. The highest BCUT2D eigenvalue weighted by Gasteiger charge is 2.01. The molecule has 0 radical (unpaired) electrons. The van der Waals surface area contributed by atoms with Crippen molar-refractivity contribution < 1.29 is 0 Å². The lowest BCUT2D eigenvalue weighted by Crippen LogP contribution is -1.73. The van der Waals surface area contributed by atoms with Crippen LogP contribution in [0.15, 0.2) is 26.3 Å². The van der Waals surface area contributed by atoms with Crippen LogP contribution in [0.3, 0.4) is 0 Å². The molecule has 54 valence electrons. The van der Waals surface area contributed by atoms with Crippen molar-refractivity contribution in [2.45, 2.75) is 6.42 Å². The van der Waals surface area contributed by atoms with E-state index in [9.17, 15) is 0 Å². The molecule has 0 aliphatic rings. The van der Waals surface area contributed by atoms with Crippen LogP contribution in [0.5, 0.6) is 0 Å². The molecule has 0 aliphatic carbocycles. The van der Waals surface area contributed by atoms with Crippen molar-refractivity contribution >= 4 is 43.2 Å². The largest absolute Gasteiger partial charge is 0.121 e. The smallest absolute Gasteiger partial charge is 0.0745 e. The Kier molecular flexibility index (Phi) is 3.14. The molecule has 0 aromatic carbocycles. The molecule has 0 aliphatic heterocycles. The van der Waals surface area contributed by atoms with Gasteiger partial charge in [0, 0.05) is 0 Å². The van der Waals surface area contributed by atoms with Gasteiger partial charge in [0.25, 0.3) is 0 Å². The summed E-state index contributed by atoms with van der Waals surface area (Å²) in [4.78, 5) is 0. The van der Waals surface area contributed by atoms with Gasteiger partial charge in [-0.15, -0.1) is 17.9 Å². The van der Waals surface area contributed by atoms with Crippen LogP contribution in [0.2, 0.25) is 0 Å². The van der Waals surface area contributed by atoms with Crippen LogP contribution in [0.4, 0.5) is 0 Å². The maximum absolute atomic E-state index is 3.67. The number of thiophene rings is 1. The molecule has 1 aromatic heterocycles. The van der Waals surface area contributed by atoms with Gasteiger partial charge < -0.3 is 0 Å². The van der Waals surface area contributed by atoms with Crippen molar-refractivity contribution in [3.05, 3.63) is 31.9 Å². The van der Waals surface area contributed by atoms with Crippen LogP contribution in [-0.2, 0) is 6.42 Å². The van der Waals surface area contributed by atoms with E-state index >= 15 is 0 Å². The summed E-state index contributed by atoms with van der Waals surface area (Å²) in [7, 11) is 0. The standard InChI is InChI=1S/C7H6Br2S/c1-2-3-5-4-6(8)10-7(5)9/h2,4H,1,3H2. The fraction of sp³-hybridized carbons (Fsp3) is 0.143. The highest BCUT2D eigenvalue weighted by Crippen LogP contribution is 2.31. The highest BCUT2D eigenvalue weighted by molar-refractivity contribution is 9.12. The Bertz CT molecular complexity index is 240. The molecule has 0 unspecified atom stereocenters. The van der Waals surface area contributed by atoms with Gasteiger partial charge in [-0.25, -0.2) is 0 Å². The molecule has 0 bridgehead atoms. The Balaban J connectivity index is 2.91. The van der Waals surface area contributed by atoms with Crippen molar-refractivity contribution in [1.29, 1.82) is 0 Å². The van der Waals surface area contributed by atoms with Crippen molar-refractivity contribution in [2.24, 2.45) is 0 Å². The summed E-state index contributed by atoms with van der Waals surface area (Å²) in [5.74, 6) is 0. The average molecular weight is 282 g/mol. The van der Waals surface area contributed by atoms with E-state index in [-0.39, 0.29) is 0 Å². The Morgan fingerprint density at radius 2 is 2.30 bits per heavy atom. The van der Waals surface area contributed by atoms with Crippen molar-refractivity contribution in [3.63, 3.8) is 0 Å². The van der Waals surface area contributed by atoms with Crippen LogP contribution >= 0.6 is 43.2 Å².